The fourth-order valence-electron chi connectivity index (χ4n) is 4.08. The Labute approximate surface area is 167 Å². The summed E-state index contributed by atoms with van der Waals surface area (Å²) in [6.45, 7) is 10.6. The van der Waals surface area contributed by atoms with E-state index in [9.17, 15) is 9.90 Å². The van der Waals surface area contributed by atoms with Crippen molar-refractivity contribution in [1.82, 2.24) is 9.80 Å². The summed E-state index contributed by atoms with van der Waals surface area (Å²) in [4.78, 5) is 17.4. The Morgan fingerprint density at radius 3 is 2.54 bits per heavy atom. The normalized spacial score (nSPS) is 19.6. The first-order valence-corrected chi connectivity index (χ1v) is 10.0. The monoisotopic (exact) mass is 384 g/mol. The predicted octanol–water partition coefficient (Wildman–Crippen LogP) is 3.26. The van der Waals surface area contributed by atoms with E-state index >= 15 is 0 Å². The van der Waals surface area contributed by atoms with Crippen LogP contribution >= 0.6 is 0 Å². The number of hydrogen-bond acceptors (Lipinski definition) is 4. The minimum absolute atomic E-state index is 0.135. The van der Waals surface area contributed by atoms with E-state index in [0.29, 0.717) is 13.1 Å². The van der Waals surface area contributed by atoms with Gasteiger partial charge in [-0.05, 0) is 56.2 Å². The van der Waals surface area contributed by atoms with Gasteiger partial charge in [0, 0.05) is 32.2 Å². The number of hydrogen-bond donors (Lipinski definition) is 1. The number of amides is 1. The molecule has 1 saturated heterocycles. The van der Waals surface area contributed by atoms with Crippen molar-refractivity contribution in [2.75, 3.05) is 33.3 Å². The molecule has 5 nitrogen and oxygen atoms in total. The third-order valence-electron chi connectivity index (χ3n) is 5.55. The molecule has 0 spiro atoms. The number of ether oxygens (including phenoxy) is 1. The minimum Gasteiger partial charge on any atom is -0.497 e. The van der Waals surface area contributed by atoms with Gasteiger partial charge in [-0.2, -0.15) is 0 Å². The van der Waals surface area contributed by atoms with E-state index < -0.39 is 5.60 Å². The maximum Gasteiger partial charge on any atom is 0.230 e. The largest absolute Gasteiger partial charge is 0.497 e. The number of piperazine rings is 1. The molecule has 3 rings (SSSR count). The Kier molecular flexibility index (Phi) is 5.96. The topological polar surface area (TPSA) is 53.0 Å². The maximum absolute atomic E-state index is 13.2. The quantitative estimate of drug-likeness (QED) is 0.860. The zero-order chi connectivity index (χ0) is 20.5. The summed E-state index contributed by atoms with van der Waals surface area (Å²) in [7, 11) is 1.67. The Morgan fingerprint density at radius 1 is 1.21 bits per heavy atom. The van der Waals surface area contributed by atoms with Crippen molar-refractivity contribution in [3.63, 3.8) is 0 Å². The third-order valence-corrected chi connectivity index (χ3v) is 5.55. The first kappa shape index (κ1) is 20.6. The molecule has 1 aliphatic rings. The van der Waals surface area contributed by atoms with Gasteiger partial charge in [-0.1, -0.05) is 24.3 Å². The number of carbonyl (C=O) groups is 1. The molecule has 1 amide bonds. The van der Waals surface area contributed by atoms with Crippen molar-refractivity contribution in [2.45, 2.75) is 45.3 Å². The molecule has 1 aliphatic heterocycles. The number of fused-ring (bicyclic) bond motifs is 1. The highest BCUT2D eigenvalue weighted by Gasteiger charge is 2.32. The number of carbonyl (C=O) groups excluding carboxylic acids is 1. The summed E-state index contributed by atoms with van der Waals surface area (Å²) < 4.78 is 5.29. The van der Waals surface area contributed by atoms with Crippen molar-refractivity contribution < 1.29 is 14.6 Å². The van der Waals surface area contributed by atoms with Crippen LogP contribution in [-0.2, 0) is 4.79 Å². The summed E-state index contributed by atoms with van der Waals surface area (Å²) in [5, 5.41) is 12.3. The van der Waals surface area contributed by atoms with Gasteiger partial charge in [0.1, 0.15) is 5.75 Å². The Morgan fingerprint density at radius 2 is 1.89 bits per heavy atom. The molecule has 1 N–H and O–H groups in total. The molecule has 1 fully saturated rings. The fraction of sp³-hybridized carbons (Fsp3) is 0.522. The second-order valence-corrected chi connectivity index (χ2v) is 8.62. The second kappa shape index (κ2) is 8.10. The van der Waals surface area contributed by atoms with Gasteiger partial charge in [0.2, 0.25) is 5.91 Å². The van der Waals surface area contributed by atoms with Gasteiger partial charge in [0.15, 0.2) is 0 Å². The molecule has 0 bridgehead atoms. The summed E-state index contributed by atoms with van der Waals surface area (Å²) in [5.41, 5.74) is 0.321. The molecule has 28 heavy (non-hydrogen) atoms. The van der Waals surface area contributed by atoms with Crippen LogP contribution in [0.1, 0.15) is 39.2 Å². The predicted molar refractivity (Wildman–Crippen MR) is 113 cm³/mol. The van der Waals surface area contributed by atoms with E-state index in [4.69, 9.17) is 4.74 Å². The van der Waals surface area contributed by atoms with Crippen LogP contribution in [0.15, 0.2) is 36.4 Å². The van der Waals surface area contributed by atoms with Crippen LogP contribution in [0.25, 0.3) is 10.8 Å². The molecule has 2 aromatic rings. The highest BCUT2D eigenvalue weighted by atomic mass is 16.5. The van der Waals surface area contributed by atoms with Crippen LogP contribution in [-0.4, -0.2) is 65.7 Å². The lowest BCUT2D eigenvalue weighted by Crippen LogP contribution is -2.56. The van der Waals surface area contributed by atoms with Gasteiger partial charge in [0.25, 0.3) is 0 Å². The molecule has 2 aromatic carbocycles. The number of nitrogens with zero attached hydrogens (tertiary/aromatic N) is 2. The van der Waals surface area contributed by atoms with Crippen LogP contribution in [0.2, 0.25) is 0 Å². The van der Waals surface area contributed by atoms with E-state index in [-0.39, 0.29) is 17.9 Å². The van der Waals surface area contributed by atoms with Crippen molar-refractivity contribution in [3.05, 3.63) is 42.0 Å². The molecule has 152 valence electrons. The molecule has 1 unspecified atom stereocenters. The smallest absolute Gasteiger partial charge is 0.230 e. The summed E-state index contributed by atoms with van der Waals surface area (Å²) in [5.74, 6) is 0.820. The van der Waals surface area contributed by atoms with Crippen LogP contribution < -0.4 is 4.74 Å². The van der Waals surface area contributed by atoms with E-state index in [1.165, 1.54) is 0 Å². The molecule has 2 atom stereocenters. The van der Waals surface area contributed by atoms with Crippen molar-refractivity contribution in [3.8, 4) is 5.75 Å². The molecule has 0 aliphatic carbocycles. The molecule has 0 saturated carbocycles. The lowest BCUT2D eigenvalue weighted by Gasteiger charge is -2.42. The zero-order valence-corrected chi connectivity index (χ0v) is 17.6. The molecular formula is C23H32N2O3. The Hall–Kier alpha value is -2.11. The van der Waals surface area contributed by atoms with Crippen molar-refractivity contribution >= 4 is 16.7 Å². The average molecular weight is 385 g/mol. The number of methoxy groups -OCH3 is 1. The minimum atomic E-state index is -0.715. The molecular weight excluding hydrogens is 352 g/mol. The molecule has 1 heterocycles. The van der Waals surface area contributed by atoms with Gasteiger partial charge in [-0.25, -0.2) is 0 Å². The number of rotatable bonds is 5. The Bertz CT molecular complexity index is 843. The van der Waals surface area contributed by atoms with Crippen LogP contribution in [0.3, 0.4) is 0 Å². The van der Waals surface area contributed by atoms with Gasteiger partial charge < -0.3 is 14.7 Å². The summed E-state index contributed by atoms with van der Waals surface area (Å²) in [6, 6.07) is 12.3. The van der Waals surface area contributed by atoms with Crippen LogP contribution in [0.4, 0.5) is 0 Å². The Balaban J connectivity index is 1.71. The van der Waals surface area contributed by atoms with E-state index in [0.717, 1.165) is 35.2 Å². The van der Waals surface area contributed by atoms with Gasteiger partial charge in [-0.3, -0.25) is 9.69 Å². The van der Waals surface area contributed by atoms with E-state index in [2.05, 4.69) is 24.0 Å². The second-order valence-electron chi connectivity index (χ2n) is 8.62. The molecule has 0 aromatic heterocycles. The van der Waals surface area contributed by atoms with Gasteiger partial charge >= 0.3 is 0 Å². The number of benzene rings is 2. The van der Waals surface area contributed by atoms with Gasteiger partial charge in [0.05, 0.1) is 18.6 Å². The first-order chi connectivity index (χ1) is 13.2. The van der Waals surface area contributed by atoms with Crippen molar-refractivity contribution in [2.24, 2.45) is 0 Å². The number of aliphatic hydroxyl groups is 1. The molecule has 5 heteroatoms. The SMILES string of the molecule is COc1ccc2cc([C@H](C)C(=O)N3CCN(CC(C)(C)O)CC3C)ccc2c1. The summed E-state index contributed by atoms with van der Waals surface area (Å²) in [6.07, 6.45) is 0. The van der Waals surface area contributed by atoms with E-state index in [1.54, 1.807) is 7.11 Å². The lowest BCUT2D eigenvalue weighted by atomic mass is 9.95. The van der Waals surface area contributed by atoms with Crippen LogP contribution in [0.5, 0.6) is 5.75 Å². The zero-order valence-electron chi connectivity index (χ0n) is 17.6. The standard InChI is InChI=1S/C23H32N2O3/c1-16-14-24(15-23(3,4)27)10-11-25(16)22(26)17(2)18-6-7-20-13-21(28-5)9-8-19(20)12-18/h6-9,12-13,16-17,27H,10-11,14-15H2,1-5H3/t16?,17-/m0/s1. The lowest BCUT2D eigenvalue weighted by molar-refractivity contribution is -0.137. The van der Waals surface area contributed by atoms with Crippen LogP contribution in [0, 0.1) is 0 Å². The van der Waals surface area contributed by atoms with Gasteiger partial charge in [-0.15, -0.1) is 0 Å². The van der Waals surface area contributed by atoms with E-state index in [1.807, 2.05) is 49.9 Å². The highest BCUT2D eigenvalue weighted by molar-refractivity contribution is 5.88. The fourth-order valence-corrected chi connectivity index (χ4v) is 4.08. The number of β-amino-alcohol motifs (C(OH)–C–C–N with tert-alkyl or cyclic N) is 1. The first-order valence-electron chi connectivity index (χ1n) is 10.0. The highest BCUT2D eigenvalue weighted by Crippen LogP contribution is 2.27. The van der Waals surface area contributed by atoms with Crippen molar-refractivity contribution in [1.29, 1.82) is 0 Å². The molecule has 0 radical (unpaired) electrons. The average Bonchev–Trinajstić information content (AvgIpc) is 2.65. The third kappa shape index (κ3) is 4.65. The summed E-state index contributed by atoms with van der Waals surface area (Å²) >= 11 is 0. The maximum atomic E-state index is 13.2.